The first-order valence-electron chi connectivity index (χ1n) is 8.98. The standard InChI is InChI=1S/C21H26N2O2/c1-3-5-6-7-8-10-17-11-13-18(14-12-17)21-22-15-19(16-23-21)25-20(24)9-4-2/h4,9,11-16H,3,5-8,10H2,1-2H3. The van der Waals surface area contributed by atoms with Crippen molar-refractivity contribution in [3.8, 4) is 17.1 Å². The van der Waals surface area contributed by atoms with E-state index in [1.807, 2.05) is 12.1 Å². The normalized spacial score (nSPS) is 11.0. The van der Waals surface area contributed by atoms with Gasteiger partial charge in [-0.2, -0.15) is 0 Å². The van der Waals surface area contributed by atoms with Crippen LogP contribution in [-0.2, 0) is 11.2 Å². The predicted octanol–water partition coefficient (Wildman–Crippen LogP) is 5.14. The van der Waals surface area contributed by atoms with Crippen molar-refractivity contribution in [1.29, 1.82) is 0 Å². The Morgan fingerprint density at radius 1 is 1.04 bits per heavy atom. The number of allylic oxidation sites excluding steroid dienone is 1. The van der Waals surface area contributed by atoms with Crippen molar-refractivity contribution >= 4 is 5.97 Å². The first-order chi connectivity index (χ1) is 12.2. The third kappa shape index (κ3) is 6.49. The number of rotatable bonds is 9. The number of aromatic nitrogens is 2. The maximum atomic E-state index is 11.4. The number of unbranched alkanes of at least 4 members (excludes halogenated alkanes) is 4. The smallest absolute Gasteiger partial charge is 0.335 e. The Labute approximate surface area is 150 Å². The molecule has 0 N–H and O–H groups in total. The van der Waals surface area contributed by atoms with E-state index >= 15 is 0 Å². The molecule has 4 nitrogen and oxygen atoms in total. The minimum atomic E-state index is -0.429. The van der Waals surface area contributed by atoms with Gasteiger partial charge in [0.05, 0.1) is 12.4 Å². The number of aryl methyl sites for hydroxylation is 1. The second-order valence-electron chi connectivity index (χ2n) is 6.02. The molecule has 0 aliphatic carbocycles. The summed E-state index contributed by atoms with van der Waals surface area (Å²) in [7, 11) is 0. The number of carbonyl (C=O) groups excluding carboxylic acids is 1. The molecule has 0 amide bonds. The largest absolute Gasteiger partial charge is 0.420 e. The number of ether oxygens (including phenoxy) is 1. The van der Waals surface area contributed by atoms with Gasteiger partial charge in [-0.15, -0.1) is 0 Å². The number of nitrogens with zero attached hydrogens (tertiary/aromatic N) is 2. The molecule has 0 saturated heterocycles. The second-order valence-corrected chi connectivity index (χ2v) is 6.02. The predicted molar refractivity (Wildman–Crippen MR) is 100 cm³/mol. The van der Waals surface area contributed by atoms with E-state index in [4.69, 9.17) is 4.74 Å². The van der Waals surface area contributed by atoms with Crippen LogP contribution >= 0.6 is 0 Å². The molecule has 0 radical (unpaired) electrons. The van der Waals surface area contributed by atoms with E-state index < -0.39 is 5.97 Å². The Bertz CT molecular complexity index is 676. The molecule has 132 valence electrons. The Morgan fingerprint density at radius 2 is 1.72 bits per heavy atom. The van der Waals surface area contributed by atoms with E-state index in [2.05, 4.69) is 29.0 Å². The third-order valence-electron chi connectivity index (χ3n) is 3.93. The molecule has 2 aromatic rings. The van der Waals surface area contributed by atoms with Crippen molar-refractivity contribution in [2.75, 3.05) is 0 Å². The van der Waals surface area contributed by atoms with Crippen LogP contribution in [-0.4, -0.2) is 15.9 Å². The van der Waals surface area contributed by atoms with Crippen molar-refractivity contribution in [3.05, 3.63) is 54.4 Å². The van der Waals surface area contributed by atoms with E-state index in [9.17, 15) is 4.79 Å². The van der Waals surface area contributed by atoms with Crippen LogP contribution in [0.25, 0.3) is 11.4 Å². The van der Waals surface area contributed by atoms with Crippen molar-refractivity contribution in [1.82, 2.24) is 9.97 Å². The van der Waals surface area contributed by atoms with Crippen LogP contribution in [0.5, 0.6) is 5.75 Å². The minimum absolute atomic E-state index is 0.343. The summed E-state index contributed by atoms with van der Waals surface area (Å²) in [4.78, 5) is 19.9. The summed E-state index contributed by atoms with van der Waals surface area (Å²) in [5.74, 6) is 0.540. The van der Waals surface area contributed by atoms with Gasteiger partial charge in [0.1, 0.15) is 0 Å². The summed E-state index contributed by atoms with van der Waals surface area (Å²) in [6.45, 7) is 4.00. The van der Waals surface area contributed by atoms with Gasteiger partial charge < -0.3 is 4.74 Å². The van der Waals surface area contributed by atoms with Crippen LogP contribution in [0.3, 0.4) is 0 Å². The monoisotopic (exact) mass is 338 g/mol. The lowest BCUT2D eigenvalue weighted by Gasteiger charge is -2.05. The Morgan fingerprint density at radius 3 is 2.36 bits per heavy atom. The molecule has 0 atom stereocenters. The lowest BCUT2D eigenvalue weighted by Crippen LogP contribution is -2.04. The second kappa shape index (κ2) is 10.4. The van der Waals surface area contributed by atoms with Crippen LogP contribution in [0.4, 0.5) is 0 Å². The van der Waals surface area contributed by atoms with E-state index in [1.165, 1.54) is 56.1 Å². The molecule has 0 aliphatic rings. The zero-order chi connectivity index (χ0) is 17.9. The number of hydrogen-bond donors (Lipinski definition) is 0. The number of hydrogen-bond acceptors (Lipinski definition) is 4. The van der Waals surface area contributed by atoms with Crippen LogP contribution in [0.15, 0.2) is 48.8 Å². The highest BCUT2D eigenvalue weighted by Gasteiger charge is 2.05. The zero-order valence-electron chi connectivity index (χ0n) is 15.1. The van der Waals surface area contributed by atoms with Gasteiger partial charge in [0.15, 0.2) is 11.6 Å². The molecule has 2 rings (SSSR count). The summed E-state index contributed by atoms with van der Waals surface area (Å²) in [6.07, 6.45) is 13.6. The third-order valence-corrected chi connectivity index (χ3v) is 3.93. The molecule has 4 heteroatoms. The average molecular weight is 338 g/mol. The Kier molecular flexibility index (Phi) is 7.83. The first kappa shape index (κ1) is 18.8. The molecular weight excluding hydrogens is 312 g/mol. The molecule has 1 heterocycles. The molecule has 0 unspecified atom stereocenters. The fraction of sp³-hybridized carbons (Fsp3) is 0.381. The highest BCUT2D eigenvalue weighted by atomic mass is 16.5. The lowest BCUT2D eigenvalue weighted by molar-refractivity contribution is -0.129. The number of carbonyl (C=O) groups is 1. The van der Waals surface area contributed by atoms with Gasteiger partial charge in [0, 0.05) is 11.6 Å². The topological polar surface area (TPSA) is 52.1 Å². The molecule has 0 saturated carbocycles. The fourth-order valence-corrected chi connectivity index (χ4v) is 2.56. The molecular formula is C21H26N2O2. The molecule has 1 aromatic carbocycles. The lowest BCUT2D eigenvalue weighted by atomic mass is 10.0. The van der Waals surface area contributed by atoms with Crippen LogP contribution < -0.4 is 4.74 Å². The van der Waals surface area contributed by atoms with Gasteiger partial charge in [0.2, 0.25) is 0 Å². The average Bonchev–Trinajstić information content (AvgIpc) is 2.63. The summed E-state index contributed by atoms with van der Waals surface area (Å²) in [6, 6.07) is 8.36. The number of benzene rings is 1. The highest BCUT2D eigenvalue weighted by Crippen LogP contribution is 2.18. The molecule has 0 bridgehead atoms. The number of esters is 1. The van der Waals surface area contributed by atoms with Gasteiger partial charge in [-0.05, 0) is 25.3 Å². The van der Waals surface area contributed by atoms with Gasteiger partial charge in [0.25, 0.3) is 0 Å². The van der Waals surface area contributed by atoms with Crippen LogP contribution in [0, 0.1) is 0 Å². The first-order valence-corrected chi connectivity index (χ1v) is 8.98. The maximum Gasteiger partial charge on any atom is 0.335 e. The quantitative estimate of drug-likeness (QED) is 0.361. The van der Waals surface area contributed by atoms with Crippen molar-refractivity contribution in [3.63, 3.8) is 0 Å². The van der Waals surface area contributed by atoms with Crippen molar-refractivity contribution < 1.29 is 9.53 Å². The summed E-state index contributed by atoms with van der Waals surface area (Å²) >= 11 is 0. The fourth-order valence-electron chi connectivity index (χ4n) is 2.56. The van der Waals surface area contributed by atoms with Gasteiger partial charge in [-0.25, -0.2) is 14.8 Å². The van der Waals surface area contributed by atoms with Crippen LogP contribution in [0.1, 0.15) is 51.5 Å². The summed E-state index contributed by atoms with van der Waals surface area (Å²) in [5, 5.41) is 0. The van der Waals surface area contributed by atoms with E-state index in [1.54, 1.807) is 13.0 Å². The van der Waals surface area contributed by atoms with Crippen molar-refractivity contribution in [2.24, 2.45) is 0 Å². The summed E-state index contributed by atoms with van der Waals surface area (Å²) < 4.78 is 5.09. The minimum Gasteiger partial charge on any atom is -0.420 e. The Hall–Kier alpha value is -2.49. The summed E-state index contributed by atoms with van der Waals surface area (Å²) in [5.41, 5.74) is 2.30. The maximum absolute atomic E-state index is 11.4. The van der Waals surface area contributed by atoms with Gasteiger partial charge in [-0.3, -0.25) is 0 Å². The molecule has 0 aliphatic heterocycles. The SMILES string of the molecule is CC=CC(=O)Oc1cnc(-c2ccc(CCCCCCC)cc2)nc1. The molecule has 1 aromatic heterocycles. The molecule has 0 fully saturated rings. The van der Waals surface area contributed by atoms with E-state index in [-0.39, 0.29) is 0 Å². The Balaban J connectivity index is 1.89. The zero-order valence-corrected chi connectivity index (χ0v) is 15.1. The van der Waals surface area contributed by atoms with E-state index in [0.29, 0.717) is 11.6 Å². The van der Waals surface area contributed by atoms with Crippen molar-refractivity contribution in [2.45, 2.75) is 52.4 Å². The highest BCUT2D eigenvalue weighted by molar-refractivity contribution is 5.83. The molecule has 25 heavy (non-hydrogen) atoms. The molecule has 0 spiro atoms. The van der Waals surface area contributed by atoms with Gasteiger partial charge >= 0.3 is 5.97 Å². The van der Waals surface area contributed by atoms with Crippen LogP contribution in [0.2, 0.25) is 0 Å². The van der Waals surface area contributed by atoms with E-state index in [0.717, 1.165) is 12.0 Å². The van der Waals surface area contributed by atoms with Gasteiger partial charge in [-0.1, -0.05) is 62.9 Å².